The standard InChI is InChI=1S/C18H21N3O4/c1-3-24-14-8-10-16(11-9-14)25-15-6-4-13(5-7-15)21-17(22)12(2)20-18(19)23/h4-12H,3H2,1-2H3,(H,21,22)(H3,19,20,23)/t12-/m0/s1. The second-order valence-corrected chi connectivity index (χ2v) is 5.25. The summed E-state index contributed by atoms with van der Waals surface area (Å²) in [4.78, 5) is 22.6. The summed E-state index contributed by atoms with van der Waals surface area (Å²) in [6.07, 6.45) is 0. The van der Waals surface area contributed by atoms with Gasteiger partial charge in [0.2, 0.25) is 5.91 Å². The molecule has 7 heteroatoms. The predicted molar refractivity (Wildman–Crippen MR) is 94.9 cm³/mol. The minimum atomic E-state index is -0.748. The third kappa shape index (κ3) is 5.72. The van der Waals surface area contributed by atoms with E-state index in [0.717, 1.165) is 5.75 Å². The highest BCUT2D eigenvalue weighted by molar-refractivity contribution is 5.96. The van der Waals surface area contributed by atoms with E-state index in [0.29, 0.717) is 23.8 Å². The number of nitrogens with one attached hydrogen (secondary N) is 2. The van der Waals surface area contributed by atoms with Crippen molar-refractivity contribution in [2.45, 2.75) is 19.9 Å². The maximum Gasteiger partial charge on any atom is 0.312 e. The molecule has 7 nitrogen and oxygen atoms in total. The number of ether oxygens (including phenoxy) is 2. The molecule has 0 aliphatic rings. The van der Waals surface area contributed by atoms with E-state index in [4.69, 9.17) is 15.2 Å². The van der Waals surface area contributed by atoms with Gasteiger partial charge in [-0.15, -0.1) is 0 Å². The van der Waals surface area contributed by atoms with E-state index in [1.54, 1.807) is 31.2 Å². The van der Waals surface area contributed by atoms with Gasteiger partial charge in [0.25, 0.3) is 0 Å². The van der Waals surface area contributed by atoms with Gasteiger partial charge >= 0.3 is 6.03 Å². The maximum atomic E-state index is 11.9. The Hall–Kier alpha value is -3.22. The van der Waals surface area contributed by atoms with Crippen LogP contribution < -0.4 is 25.8 Å². The molecule has 2 aromatic rings. The topological polar surface area (TPSA) is 103 Å². The van der Waals surface area contributed by atoms with Crippen molar-refractivity contribution in [3.8, 4) is 17.2 Å². The lowest BCUT2D eigenvalue weighted by molar-refractivity contribution is -0.117. The highest BCUT2D eigenvalue weighted by Gasteiger charge is 2.13. The van der Waals surface area contributed by atoms with Crippen LogP contribution in [0, 0.1) is 0 Å². The predicted octanol–water partition coefficient (Wildman–Crippen LogP) is 2.87. The number of benzene rings is 2. The second-order valence-electron chi connectivity index (χ2n) is 5.25. The van der Waals surface area contributed by atoms with Crippen molar-refractivity contribution >= 4 is 17.6 Å². The monoisotopic (exact) mass is 343 g/mol. The van der Waals surface area contributed by atoms with Gasteiger partial charge in [0.1, 0.15) is 23.3 Å². The first-order chi connectivity index (χ1) is 12.0. The highest BCUT2D eigenvalue weighted by atomic mass is 16.5. The number of carbonyl (C=O) groups is 2. The Bertz CT molecular complexity index is 714. The number of urea groups is 1. The first-order valence-electron chi connectivity index (χ1n) is 7.85. The molecule has 2 rings (SSSR count). The highest BCUT2D eigenvalue weighted by Crippen LogP contribution is 2.25. The van der Waals surface area contributed by atoms with Gasteiger partial charge in [-0.25, -0.2) is 4.79 Å². The molecule has 0 heterocycles. The van der Waals surface area contributed by atoms with Gasteiger partial charge in [0, 0.05) is 5.69 Å². The summed E-state index contributed by atoms with van der Waals surface area (Å²) in [5.74, 6) is 1.73. The SMILES string of the molecule is CCOc1ccc(Oc2ccc(NC(=O)[C@H](C)NC(N)=O)cc2)cc1. The van der Waals surface area contributed by atoms with Crippen molar-refractivity contribution in [2.75, 3.05) is 11.9 Å². The molecule has 0 bridgehead atoms. The average Bonchev–Trinajstić information content (AvgIpc) is 2.58. The molecule has 2 aromatic carbocycles. The minimum Gasteiger partial charge on any atom is -0.494 e. The van der Waals surface area contributed by atoms with E-state index < -0.39 is 12.1 Å². The average molecular weight is 343 g/mol. The van der Waals surface area contributed by atoms with Gasteiger partial charge in [0.15, 0.2) is 0 Å². The number of rotatable bonds is 7. The molecule has 0 aliphatic heterocycles. The Kier molecular flexibility index (Phi) is 6.22. The number of nitrogens with two attached hydrogens (primary N) is 1. The number of hydrogen-bond donors (Lipinski definition) is 3. The van der Waals surface area contributed by atoms with Crippen molar-refractivity contribution in [2.24, 2.45) is 5.73 Å². The fraction of sp³-hybridized carbons (Fsp3) is 0.222. The Labute approximate surface area is 146 Å². The van der Waals surface area contributed by atoms with E-state index in [9.17, 15) is 9.59 Å². The zero-order chi connectivity index (χ0) is 18.2. The molecule has 0 spiro atoms. The Balaban J connectivity index is 1.93. The molecule has 25 heavy (non-hydrogen) atoms. The summed E-state index contributed by atoms with van der Waals surface area (Å²) in [6, 6.07) is 12.7. The smallest absolute Gasteiger partial charge is 0.312 e. The molecule has 1 atom stereocenters. The lowest BCUT2D eigenvalue weighted by Gasteiger charge is -2.13. The van der Waals surface area contributed by atoms with Crippen molar-refractivity contribution < 1.29 is 19.1 Å². The van der Waals surface area contributed by atoms with Crippen molar-refractivity contribution in [3.63, 3.8) is 0 Å². The number of primary amides is 1. The molecule has 3 amide bonds. The van der Waals surface area contributed by atoms with Crippen LogP contribution in [0.4, 0.5) is 10.5 Å². The van der Waals surface area contributed by atoms with E-state index in [-0.39, 0.29) is 5.91 Å². The third-order valence-corrected chi connectivity index (χ3v) is 3.24. The van der Waals surface area contributed by atoms with Crippen molar-refractivity contribution in [1.29, 1.82) is 0 Å². The van der Waals surface area contributed by atoms with Crippen LogP contribution in [0.25, 0.3) is 0 Å². The molecule has 4 N–H and O–H groups in total. The fourth-order valence-electron chi connectivity index (χ4n) is 2.04. The number of amides is 3. The summed E-state index contributed by atoms with van der Waals surface area (Å²) in [5.41, 5.74) is 5.57. The molecule has 0 saturated carbocycles. The third-order valence-electron chi connectivity index (χ3n) is 3.24. The lowest BCUT2D eigenvalue weighted by Crippen LogP contribution is -2.44. The number of carbonyl (C=O) groups excluding carboxylic acids is 2. The molecule has 0 aliphatic carbocycles. The van der Waals surface area contributed by atoms with Crippen LogP contribution in [0.3, 0.4) is 0 Å². The van der Waals surface area contributed by atoms with E-state index >= 15 is 0 Å². The summed E-state index contributed by atoms with van der Waals surface area (Å²) >= 11 is 0. The summed E-state index contributed by atoms with van der Waals surface area (Å²) < 4.78 is 11.1. The molecular formula is C18H21N3O4. The van der Waals surface area contributed by atoms with Crippen molar-refractivity contribution in [1.82, 2.24) is 5.32 Å². The molecule has 0 unspecified atom stereocenters. The Morgan fingerprint density at radius 3 is 2.04 bits per heavy atom. The molecule has 0 radical (unpaired) electrons. The van der Waals surface area contributed by atoms with Gasteiger partial charge in [-0.05, 0) is 62.4 Å². The van der Waals surface area contributed by atoms with E-state index in [2.05, 4.69) is 10.6 Å². The van der Waals surface area contributed by atoms with Crippen molar-refractivity contribution in [3.05, 3.63) is 48.5 Å². The molecular weight excluding hydrogens is 322 g/mol. The van der Waals surface area contributed by atoms with Crippen LogP contribution >= 0.6 is 0 Å². The maximum absolute atomic E-state index is 11.9. The van der Waals surface area contributed by atoms with Gasteiger partial charge in [-0.1, -0.05) is 0 Å². The van der Waals surface area contributed by atoms with E-state index in [1.807, 2.05) is 31.2 Å². The number of hydrogen-bond acceptors (Lipinski definition) is 4. The quantitative estimate of drug-likeness (QED) is 0.719. The Morgan fingerprint density at radius 1 is 1.00 bits per heavy atom. The largest absolute Gasteiger partial charge is 0.494 e. The zero-order valence-corrected chi connectivity index (χ0v) is 14.1. The van der Waals surface area contributed by atoms with Crippen LogP contribution in [0.5, 0.6) is 17.2 Å². The van der Waals surface area contributed by atoms with Gasteiger partial charge in [-0.3, -0.25) is 4.79 Å². The van der Waals surface area contributed by atoms with Crippen LogP contribution in [0.1, 0.15) is 13.8 Å². The molecule has 0 saturated heterocycles. The van der Waals surface area contributed by atoms with Gasteiger partial charge in [0.05, 0.1) is 6.61 Å². The first-order valence-corrected chi connectivity index (χ1v) is 7.85. The van der Waals surface area contributed by atoms with Gasteiger partial charge in [-0.2, -0.15) is 0 Å². The Morgan fingerprint density at radius 2 is 1.52 bits per heavy atom. The van der Waals surface area contributed by atoms with E-state index in [1.165, 1.54) is 0 Å². The normalized spacial score (nSPS) is 11.3. The molecule has 132 valence electrons. The summed E-state index contributed by atoms with van der Waals surface area (Å²) in [6.45, 7) is 4.08. The van der Waals surface area contributed by atoms with Crippen LogP contribution in [-0.4, -0.2) is 24.6 Å². The first kappa shape index (κ1) is 18.1. The molecule has 0 fully saturated rings. The van der Waals surface area contributed by atoms with Crippen LogP contribution in [-0.2, 0) is 4.79 Å². The second kappa shape index (κ2) is 8.58. The molecule has 0 aromatic heterocycles. The fourth-order valence-corrected chi connectivity index (χ4v) is 2.04. The summed E-state index contributed by atoms with van der Waals surface area (Å²) in [5, 5.41) is 4.99. The number of anilines is 1. The summed E-state index contributed by atoms with van der Waals surface area (Å²) in [7, 11) is 0. The minimum absolute atomic E-state index is 0.362. The zero-order valence-electron chi connectivity index (χ0n) is 14.1. The van der Waals surface area contributed by atoms with Crippen LogP contribution in [0.15, 0.2) is 48.5 Å². The van der Waals surface area contributed by atoms with Gasteiger partial charge < -0.3 is 25.8 Å². The van der Waals surface area contributed by atoms with Crippen LogP contribution in [0.2, 0.25) is 0 Å². The lowest BCUT2D eigenvalue weighted by atomic mass is 10.2.